The van der Waals surface area contributed by atoms with Crippen LogP contribution in [0.15, 0.2) is 12.7 Å². The second-order valence-electron chi connectivity index (χ2n) is 4.89. The van der Waals surface area contributed by atoms with Gasteiger partial charge in [-0.3, -0.25) is 0 Å². The van der Waals surface area contributed by atoms with Gasteiger partial charge in [0.05, 0.1) is 0 Å². The Balaban J connectivity index is 2.27. The van der Waals surface area contributed by atoms with Gasteiger partial charge in [0.25, 0.3) is 0 Å². The van der Waals surface area contributed by atoms with Crippen LogP contribution in [0.2, 0.25) is 0 Å². The lowest BCUT2D eigenvalue weighted by atomic mass is 9.79. The molecule has 0 radical (unpaired) electrons. The van der Waals surface area contributed by atoms with Gasteiger partial charge >= 0.3 is 0 Å². The summed E-state index contributed by atoms with van der Waals surface area (Å²) >= 11 is 0. The molecule has 1 rings (SSSR count). The highest BCUT2D eigenvalue weighted by Crippen LogP contribution is 2.30. The largest absolute Gasteiger partial charge is 0.329 e. The highest BCUT2D eigenvalue weighted by atomic mass is 14.9. The fourth-order valence-electron chi connectivity index (χ4n) is 2.50. The van der Waals surface area contributed by atoms with E-state index in [2.05, 4.69) is 18.8 Å². The second kappa shape index (κ2) is 7.02. The maximum Gasteiger partial charge on any atom is 0.0218 e. The minimum absolute atomic E-state index is 0.525. The van der Waals surface area contributed by atoms with E-state index in [1.165, 1.54) is 25.7 Å². The second-order valence-corrected chi connectivity index (χ2v) is 4.89. The molecule has 3 N–H and O–H groups in total. The first-order chi connectivity index (χ1) is 7.27. The van der Waals surface area contributed by atoms with Crippen LogP contribution in [-0.2, 0) is 0 Å². The lowest BCUT2D eigenvalue weighted by Gasteiger charge is -2.32. The summed E-state index contributed by atoms with van der Waals surface area (Å²) in [5, 5.41) is 3.56. The Kier molecular flexibility index (Phi) is 5.96. The highest BCUT2D eigenvalue weighted by molar-refractivity contribution is 4.82. The van der Waals surface area contributed by atoms with Gasteiger partial charge in [-0.15, -0.1) is 6.58 Å². The Morgan fingerprint density at radius 2 is 2.07 bits per heavy atom. The third-order valence-corrected chi connectivity index (χ3v) is 3.64. The molecule has 0 aromatic rings. The van der Waals surface area contributed by atoms with Crippen LogP contribution in [0.5, 0.6) is 0 Å². The predicted molar refractivity (Wildman–Crippen MR) is 66.8 cm³/mol. The molecule has 1 atom stereocenters. The van der Waals surface area contributed by atoms with E-state index in [0.29, 0.717) is 6.04 Å². The van der Waals surface area contributed by atoms with Crippen molar-refractivity contribution in [2.45, 2.75) is 45.1 Å². The SMILES string of the molecule is C=CCCNC(CN)C1CCC(C)CC1. The Labute approximate surface area is 94.3 Å². The van der Waals surface area contributed by atoms with Gasteiger partial charge in [0.15, 0.2) is 0 Å². The van der Waals surface area contributed by atoms with Gasteiger partial charge in [-0.05, 0) is 37.6 Å². The molecule has 1 fully saturated rings. The first-order valence-electron chi connectivity index (χ1n) is 6.32. The van der Waals surface area contributed by atoms with Crippen LogP contribution in [0.25, 0.3) is 0 Å². The van der Waals surface area contributed by atoms with Crippen LogP contribution >= 0.6 is 0 Å². The summed E-state index contributed by atoms with van der Waals surface area (Å²) in [5.74, 6) is 1.73. The van der Waals surface area contributed by atoms with E-state index in [1.807, 2.05) is 6.08 Å². The van der Waals surface area contributed by atoms with Gasteiger partial charge in [-0.1, -0.05) is 25.8 Å². The van der Waals surface area contributed by atoms with Crippen molar-refractivity contribution < 1.29 is 0 Å². The van der Waals surface area contributed by atoms with Crippen molar-refractivity contribution >= 4 is 0 Å². The maximum absolute atomic E-state index is 5.83. The average molecular weight is 210 g/mol. The van der Waals surface area contributed by atoms with Crippen molar-refractivity contribution in [1.29, 1.82) is 0 Å². The smallest absolute Gasteiger partial charge is 0.0218 e. The van der Waals surface area contributed by atoms with Crippen molar-refractivity contribution in [3.05, 3.63) is 12.7 Å². The van der Waals surface area contributed by atoms with Crippen molar-refractivity contribution in [2.24, 2.45) is 17.6 Å². The minimum atomic E-state index is 0.525. The molecule has 0 amide bonds. The molecule has 1 aliphatic carbocycles. The van der Waals surface area contributed by atoms with Crippen LogP contribution in [0, 0.1) is 11.8 Å². The molecular formula is C13H26N2. The Morgan fingerprint density at radius 3 is 2.60 bits per heavy atom. The zero-order valence-electron chi connectivity index (χ0n) is 10.0. The number of rotatable bonds is 6. The molecule has 2 heteroatoms. The molecule has 0 spiro atoms. The molecule has 0 aliphatic heterocycles. The molecule has 0 aromatic heterocycles. The highest BCUT2D eigenvalue weighted by Gasteiger charge is 2.24. The monoisotopic (exact) mass is 210 g/mol. The van der Waals surface area contributed by atoms with E-state index in [1.54, 1.807) is 0 Å². The molecule has 88 valence electrons. The standard InChI is InChI=1S/C13H26N2/c1-3-4-9-15-13(10-14)12-7-5-11(2)6-8-12/h3,11-13,15H,1,4-10,14H2,2H3. The fourth-order valence-corrected chi connectivity index (χ4v) is 2.50. The van der Waals surface area contributed by atoms with Crippen molar-refractivity contribution in [2.75, 3.05) is 13.1 Å². The number of hydrogen-bond donors (Lipinski definition) is 2. The van der Waals surface area contributed by atoms with Crippen LogP contribution in [0.1, 0.15) is 39.0 Å². The Hall–Kier alpha value is -0.340. The molecule has 0 aromatic carbocycles. The quantitative estimate of drug-likeness (QED) is 0.521. The molecule has 1 aliphatic rings. The Morgan fingerprint density at radius 1 is 1.40 bits per heavy atom. The zero-order valence-corrected chi connectivity index (χ0v) is 10.0. The molecular weight excluding hydrogens is 184 g/mol. The number of nitrogens with one attached hydrogen (secondary N) is 1. The summed E-state index contributed by atoms with van der Waals surface area (Å²) < 4.78 is 0. The summed E-state index contributed by atoms with van der Waals surface area (Å²) in [6.07, 6.45) is 8.46. The summed E-state index contributed by atoms with van der Waals surface area (Å²) in [4.78, 5) is 0. The summed E-state index contributed by atoms with van der Waals surface area (Å²) in [5.41, 5.74) is 5.83. The third kappa shape index (κ3) is 4.35. The van der Waals surface area contributed by atoms with Crippen LogP contribution in [0.3, 0.4) is 0 Å². The first-order valence-corrected chi connectivity index (χ1v) is 6.32. The first kappa shape index (κ1) is 12.7. The van der Waals surface area contributed by atoms with E-state index in [4.69, 9.17) is 5.73 Å². The molecule has 1 saturated carbocycles. The molecule has 15 heavy (non-hydrogen) atoms. The van der Waals surface area contributed by atoms with Crippen LogP contribution < -0.4 is 11.1 Å². The minimum Gasteiger partial charge on any atom is -0.329 e. The Bertz CT molecular complexity index is 171. The molecule has 0 bridgehead atoms. The van der Waals surface area contributed by atoms with Gasteiger partial charge in [0.1, 0.15) is 0 Å². The molecule has 0 heterocycles. The third-order valence-electron chi connectivity index (χ3n) is 3.64. The van der Waals surface area contributed by atoms with Gasteiger partial charge in [-0.2, -0.15) is 0 Å². The predicted octanol–water partition coefficient (Wildman–Crippen LogP) is 2.31. The zero-order chi connectivity index (χ0) is 11.1. The molecule has 2 nitrogen and oxygen atoms in total. The van der Waals surface area contributed by atoms with Gasteiger partial charge in [0, 0.05) is 12.6 Å². The van der Waals surface area contributed by atoms with E-state index < -0.39 is 0 Å². The molecule has 1 unspecified atom stereocenters. The van der Waals surface area contributed by atoms with Gasteiger partial charge in [0.2, 0.25) is 0 Å². The van der Waals surface area contributed by atoms with Crippen LogP contribution in [-0.4, -0.2) is 19.1 Å². The summed E-state index contributed by atoms with van der Waals surface area (Å²) in [7, 11) is 0. The normalized spacial score (nSPS) is 28.7. The summed E-state index contributed by atoms with van der Waals surface area (Å²) in [6, 6.07) is 0.525. The summed E-state index contributed by atoms with van der Waals surface area (Å²) in [6.45, 7) is 7.89. The van der Waals surface area contributed by atoms with Crippen molar-refractivity contribution in [3.63, 3.8) is 0 Å². The van der Waals surface area contributed by atoms with E-state index in [0.717, 1.165) is 31.3 Å². The fraction of sp³-hybridized carbons (Fsp3) is 0.846. The van der Waals surface area contributed by atoms with Gasteiger partial charge < -0.3 is 11.1 Å². The van der Waals surface area contributed by atoms with E-state index in [-0.39, 0.29) is 0 Å². The van der Waals surface area contributed by atoms with Gasteiger partial charge in [-0.25, -0.2) is 0 Å². The lowest BCUT2D eigenvalue weighted by molar-refractivity contribution is 0.233. The van der Waals surface area contributed by atoms with Crippen LogP contribution in [0.4, 0.5) is 0 Å². The van der Waals surface area contributed by atoms with E-state index >= 15 is 0 Å². The maximum atomic E-state index is 5.83. The number of nitrogens with two attached hydrogens (primary N) is 1. The van der Waals surface area contributed by atoms with Crippen molar-refractivity contribution in [3.8, 4) is 0 Å². The average Bonchev–Trinajstić information content (AvgIpc) is 2.26. The lowest BCUT2D eigenvalue weighted by Crippen LogP contribution is -2.43. The topological polar surface area (TPSA) is 38.0 Å². The van der Waals surface area contributed by atoms with E-state index in [9.17, 15) is 0 Å². The molecule has 0 saturated heterocycles. The number of hydrogen-bond acceptors (Lipinski definition) is 2. The van der Waals surface area contributed by atoms with Crippen molar-refractivity contribution in [1.82, 2.24) is 5.32 Å².